The highest BCUT2D eigenvalue weighted by Gasteiger charge is 2.35. The van der Waals surface area contributed by atoms with E-state index >= 15 is 0 Å². The second-order valence-electron chi connectivity index (χ2n) is 8.52. The molecule has 2 N–H and O–H groups in total. The summed E-state index contributed by atoms with van der Waals surface area (Å²) in [6.45, 7) is 2.17. The van der Waals surface area contributed by atoms with Crippen molar-refractivity contribution in [3.8, 4) is 0 Å². The molecule has 4 nitrogen and oxygen atoms in total. The SMILES string of the molecule is O=C(Nc1ccc(F)cc1)NC1CCCC1N1CCC(Cc2ccc(Cl)cc2)CC1. The maximum atomic E-state index is 13.0. The van der Waals surface area contributed by atoms with Crippen molar-refractivity contribution in [2.75, 3.05) is 18.4 Å². The highest BCUT2D eigenvalue weighted by molar-refractivity contribution is 6.30. The first kappa shape index (κ1) is 21.1. The van der Waals surface area contributed by atoms with Gasteiger partial charge in [-0.05, 0) is 99.5 Å². The summed E-state index contributed by atoms with van der Waals surface area (Å²) < 4.78 is 13.0. The Morgan fingerprint density at radius 1 is 1.00 bits per heavy atom. The third-order valence-corrected chi connectivity index (χ3v) is 6.71. The Hall–Kier alpha value is -2.11. The molecule has 1 aliphatic heterocycles. The lowest BCUT2D eigenvalue weighted by molar-refractivity contribution is 0.119. The van der Waals surface area contributed by atoms with Crippen molar-refractivity contribution in [1.29, 1.82) is 0 Å². The Bertz CT molecular complexity index is 835. The van der Waals surface area contributed by atoms with E-state index in [0.717, 1.165) is 43.8 Å². The number of hydrogen-bond acceptors (Lipinski definition) is 2. The van der Waals surface area contributed by atoms with Crippen LogP contribution in [-0.2, 0) is 6.42 Å². The lowest BCUT2D eigenvalue weighted by atomic mass is 9.89. The number of urea groups is 1. The fourth-order valence-electron chi connectivity index (χ4n) is 4.86. The van der Waals surface area contributed by atoms with E-state index in [0.29, 0.717) is 17.6 Å². The first-order valence-corrected chi connectivity index (χ1v) is 11.3. The van der Waals surface area contributed by atoms with Crippen LogP contribution in [0.4, 0.5) is 14.9 Å². The van der Waals surface area contributed by atoms with Gasteiger partial charge in [0.1, 0.15) is 5.82 Å². The van der Waals surface area contributed by atoms with Crippen molar-refractivity contribution in [3.05, 3.63) is 64.9 Å². The lowest BCUT2D eigenvalue weighted by Gasteiger charge is -2.38. The van der Waals surface area contributed by atoms with E-state index < -0.39 is 0 Å². The highest BCUT2D eigenvalue weighted by atomic mass is 35.5. The summed E-state index contributed by atoms with van der Waals surface area (Å²) in [5.74, 6) is 0.397. The Kier molecular flexibility index (Phi) is 6.90. The molecule has 30 heavy (non-hydrogen) atoms. The van der Waals surface area contributed by atoms with Gasteiger partial charge in [-0.25, -0.2) is 9.18 Å². The van der Waals surface area contributed by atoms with Crippen LogP contribution in [0.1, 0.15) is 37.7 Å². The lowest BCUT2D eigenvalue weighted by Crippen LogP contribution is -2.52. The molecule has 0 aromatic heterocycles. The summed E-state index contributed by atoms with van der Waals surface area (Å²) in [5, 5.41) is 6.75. The van der Waals surface area contributed by atoms with Gasteiger partial charge in [0.05, 0.1) is 0 Å². The third-order valence-electron chi connectivity index (χ3n) is 6.45. The quantitative estimate of drug-likeness (QED) is 0.661. The average Bonchev–Trinajstić information content (AvgIpc) is 3.20. The molecule has 2 aliphatic rings. The van der Waals surface area contributed by atoms with Crippen molar-refractivity contribution >= 4 is 23.3 Å². The molecule has 2 aromatic rings. The van der Waals surface area contributed by atoms with Crippen LogP contribution < -0.4 is 10.6 Å². The number of piperidine rings is 1. The molecule has 160 valence electrons. The highest BCUT2D eigenvalue weighted by Crippen LogP contribution is 2.30. The molecule has 1 saturated carbocycles. The van der Waals surface area contributed by atoms with Crippen LogP contribution in [0.25, 0.3) is 0 Å². The number of nitrogens with zero attached hydrogens (tertiary/aromatic N) is 1. The topological polar surface area (TPSA) is 44.4 Å². The molecule has 2 fully saturated rings. The molecule has 6 heteroatoms. The van der Waals surface area contributed by atoms with Crippen LogP contribution in [0, 0.1) is 11.7 Å². The third kappa shape index (κ3) is 5.52. The monoisotopic (exact) mass is 429 g/mol. The first-order valence-electron chi connectivity index (χ1n) is 10.9. The van der Waals surface area contributed by atoms with Crippen LogP contribution in [0.5, 0.6) is 0 Å². The number of benzene rings is 2. The Labute approximate surface area is 182 Å². The van der Waals surface area contributed by atoms with E-state index in [9.17, 15) is 9.18 Å². The molecule has 2 aromatic carbocycles. The maximum Gasteiger partial charge on any atom is 0.319 e. The number of likely N-dealkylation sites (tertiary alicyclic amines) is 1. The largest absolute Gasteiger partial charge is 0.334 e. The molecule has 2 atom stereocenters. The summed E-state index contributed by atoms with van der Waals surface area (Å²) in [7, 11) is 0. The molecule has 2 unspecified atom stereocenters. The van der Waals surface area contributed by atoms with Gasteiger partial charge in [0, 0.05) is 22.8 Å². The van der Waals surface area contributed by atoms with Crippen LogP contribution >= 0.6 is 11.6 Å². The van der Waals surface area contributed by atoms with Gasteiger partial charge in [0.15, 0.2) is 0 Å². The van der Waals surface area contributed by atoms with Gasteiger partial charge in [-0.3, -0.25) is 4.90 Å². The van der Waals surface area contributed by atoms with Gasteiger partial charge >= 0.3 is 6.03 Å². The van der Waals surface area contributed by atoms with Gasteiger partial charge in [0.2, 0.25) is 0 Å². The van der Waals surface area contributed by atoms with Crippen LogP contribution in [0.15, 0.2) is 48.5 Å². The number of carbonyl (C=O) groups excluding carboxylic acids is 1. The molecular formula is C24H29ClFN3O. The van der Waals surface area contributed by atoms with E-state index in [-0.39, 0.29) is 17.9 Å². The smallest absolute Gasteiger partial charge is 0.319 e. The number of hydrogen-bond donors (Lipinski definition) is 2. The summed E-state index contributed by atoms with van der Waals surface area (Å²) in [6.07, 6.45) is 6.76. The molecular weight excluding hydrogens is 401 g/mol. The summed E-state index contributed by atoms with van der Waals surface area (Å²) in [6, 6.07) is 14.4. The van der Waals surface area contributed by atoms with E-state index in [1.165, 1.54) is 30.5 Å². The standard InChI is InChI=1S/C24H29ClFN3O/c25-19-6-4-17(5-7-19)16-18-12-14-29(15-13-18)23-3-1-2-22(23)28-24(30)27-21-10-8-20(26)9-11-21/h4-11,18,22-23H,1-3,12-16H2,(H2,27,28,30). The molecule has 2 amide bonds. The zero-order chi connectivity index (χ0) is 20.9. The Morgan fingerprint density at radius 3 is 2.40 bits per heavy atom. The number of rotatable bonds is 5. The number of nitrogens with one attached hydrogen (secondary N) is 2. The second-order valence-corrected chi connectivity index (χ2v) is 8.96. The fraction of sp³-hybridized carbons (Fsp3) is 0.458. The van der Waals surface area contributed by atoms with Crippen molar-refractivity contribution < 1.29 is 9.18 Å². The predicted octanol–water partition coefficient (Wildman–Crippen LogP) is 5.48. The average molecular weight is 430 g/mol. The molecule has 1 heterocycles. The summed E-state index contributed by atoms with van der Waals surface area (Å²) in [4.78, 5) is 15.0. The molecule has 0 bridgehead atoms. The number of carbonyl (C=O) groups is 1. The molecule has 1 saturated heterocycles. The molecule has 1 aliphatic carbocycles. The van der Waals surface area contributed by atoms with Gasteiger partial charge in [-0.15, -0.1) is 0 Å². The van der Waals surface area contributed by atoms with Crippen LogP contribution in [0.3, 0.4) is 0 Å². The van der Waals surface area contributed by atoms with E-state index in [4.69, 9.17) is 11.6 Å². The summed E-state index contributed by atoms with van der Waals surface area (Å²) >= 11 is 5.99. The van der Waals surface area contributed by atoms with E-state index in [1.54, 1.807) is 12.1 Å². The van der Waals surface area contributed by atoms with Gasteiger partial charge < -0.3 is 10.6 Å². The zero-order valence-corrected chi connectivity index (χ0v) is 17.9. The van der Waals surface area contributed by atoms with Crippen LogP contribution in [0.2, 0.25) is 5.02 Å². The zero-order valence-electron chi connectivity index (χ0n) is 17.1. The number of amides is 2. The van der Waals surface area contributed by atoms with Gasteiger partial charge in [-0.1, -0.05) is 23.7 Å². The van der Waals surface area contributed by atoms with E-state index in [1.807, 2.05) is 12.1 Å². The minimum atomic E-state index is -0.309. The fourth-order valence-corrected chi connectivity index (χ4v) is 4.98. The van der Waals surface area contributed by atoms with Crippen molar-refractivity contribution in [2.24, 2.45) is 5.92 Å². The van der Waals surface area contributed by atoms with E-state index in [2.05, 4.69) is 27.7 Å². The first-order chi connectivity index (χ1) is 14.6. The second kappa shape index (κ2) is 9.80. The van der Waals surface area contributed by atoms with Crippen molar-refractivity contribution in [3.63, 3.8) is 0 Å². The Balaban J connectivity index is 1.26. The molecule has 4 rings (SSSR count). The van der Waals surface area contributed by atoms with Crippen LogP contribution in [-0.4, -0.2) is 36.1 Å². The predicted molar refractivity (Wildman–Crippen MR) is 119 cm³/mol. The molecule has 0 radical (unpaired) electrons. The molecule has 0 spiro atoms. The van der Waals surface area contributed by atoms with Crippen molar-refractivity contribution in [2.45, 2.75) is 50.6 Å². The summed E-state index contributed by atoms with van der Waals surface area (Å²) in [5.41, 5.74) is 1.96. The van der Waals surface area contributed by atoms with Gasteiger partial charge in [-0.2, -0.15) is 0 Å². The number of anilines is 1. The minimum Gasteiger partial charge on any atom is -0.334 e. The normalized spacial score (nSPS) is 22.7. The number of halogens is 2. The van der Waals surface area contributed by atoms with Gasteiger partial charge in [0.25, 0.3) is 0 Å². The van der Waals surface area contributed by atoms with Crippen molar-refractivity contribution in [1.82, 2.24) is 10.2 Å². The maximum absolute atomic E-state index is 13.0. The Morgan fingerprint density at radius 2 is 1.70 bits per heavy atom. The minimum absolute atomic E-state index is 0.165.